The Balaban J connectivity index is 1.46. The second kappa shape index (κ2) is 7.71. The van der Waals surface area contributed by atoms with Gasteiger partial charge in [0.05, 0.1) is 11.4 Å². The molecule has 0 radical (unpaired) electrons. The Morgan fingerprint density at radius 1 is 1.04 bits per heavy atom. The van der Waals surface area contributed by atoms with E-state index in [0.29, 0.717) is 28.5 Å². The molecule has 7 nitrogen and oxygen atoms in total. The summed E-state index contributed by atoms with van der Waals surface area (Å²) in [6.45, 7) is 4.34. The number of rotatable bonds is 6. The molecular weight excluding hydrogens is 360 g/mol. The zero-order valence-corrected chi connectivity index (χ0v) is 15.8. The van der Waals surface area contributed by atoms with Gasteiger partial charge in [0.25, 0.3) is 0 Å². The van der Waals surface area contributed by atoms with Crippen molar-refractivity contribution in [3.63, 3.8) is 0 Å². The van der Waals surface area contributed by atoms with Gasteiger partial charge < -0.3 is 4.52 Å². The first kappa shape index (κ1) is 17.4. The summed E-state index contributed by atoms with van der Waals surface area (Å²) in [6, 6.07) is 18.0. The van der Waals surface area contributed by atoms with Crippen LogP contribution in [0, 0.1) is 0 Å². The first-order chi connectivity index (χ1) is 13.2. The fraction of sp³-hybridized carbons (Fsp3) is 0.211. The van der Waals surface area contributed by atoms with E-state index in [2.05, 4.69) is 51.6 Å². The van der Waals surface area contributed by atoms with Gasteiger partial charge in [0, 0.05) is 5.56 Å². The molecule has 0 atom stereocenters. The standard InChI is InChI=1S/C19H18N6OS/c1-13(2)14-8-10-15(11-9-14)18-20-17(26-22-18)12-27-19-21-23-24-25(19)16-6-4-3-5-7-16/h3-11,13H,12H2,1-2H3. The molecule has 8 heteroatoms. The smallest absolute Gasteiger partial charge is 0.237 e. The van der Waals surface area contributed by atoms with Gasteiger partial charge in [-0.15, -0.1) is 5.10 Å². The van der Waals surface area contributed by atoms with Gasteiger partial charge in [-0.3, -0.25) is 0 Å². The van der Waals surface area contributed by atoms with E-state index in [-0.39, 0.29) is 0 Å². The summed E-state index contributed by atoms with van der Waals surface area (Å²) in [5, 5.41) is 16.6. The van der Waals surface area contributed by atoms with Crippen molar-refractivity contribution in [1.82, 2.24) is 30.3 Å². The maximum absolute atomic E-state index is 5.38. The molecule has 0 saturated heterocycles. The van der Waals surface area contributed by atoms with E-state index in [1.54, 1.807) is 4.68 Å². The Bertz CT molecular complexity index is 1010. The van der Waals surface area contributed by atoms with Crippen molar-refractivity contribution in [2.45, 2.75) is 30.7 Å². The van der Waals surface area contributed by atoms with Crippen LogP contribution in [0.5, 0.6) is 0 Å². The highest BCUT2D eigenvalue weighted by Crippen LogP contribution is 2.24. The SMILES string of the molecule is CC(C)c1ccc(-c2noc(CSc3nnnn3-c3ccccc3)n2)cc1. The Morgan fingerprint density at radius 3 is 2.56 bits per heavy atom. The van der Waals surface area contributed by atoms with Crippen molar-refractivity contribution >= 4 is 11.8 Å². The van der Waals surface area contributed by atoms with Crippen molar-refractivity contribution in [2.75, 3.05) is 0 Å². The van der Waals surface area contributed by atoms with Crippen LogP contribution in [0.3, 0.4) is 0 Å². The molecule has 0 amide bonds. The molecular formula is C19H18N6OS. The Kier molecular flexibility index (Phi) is 4.97. The summed E-state index contributed by atoms with van der Waals surface area (Å²) >= 11 is 1.45. The van der Waals surface area contributed by atoms with E-state index in [1.165, 1.54) is 17.3 Å². The highest BCUT2D eigenvalue weighted by molar-refractivity contribution is 7.98. The van der Waals surface area contributed by atoms with Crippen LogP contribution >= 0.6 is 11.8 Å². The molecule has 0 spiro atoms. The predicted molar refractivity (Wildman–Crippen MR) is 103 cm³/mol. The molecule has 0 fully saturated rings. The zero-order chi connectivity index (χ0) is 18.6. The molecule has 136 valence electrons. The van der Waals surface area contributed by atoms with Crippen LogP contribution in [0.4, 0.5) is 0 Å². The van der Waals surface area contributed by atoms with E-state index in [0.717, 1.165) is 11.3 Å². The van der Waals surface area contributed by atoms with Crippen molar-refractivity contribution in [2.24, 2.45) is 0 Å². The van der Waals surface area contributed by atoms with Gasteiger partial charge in [-0.1, -0.05) is 73.2 Å². The predicted octanol–water partition coefficient (Wildman–Crippen LogP) is 4.13. The van der Waals surface area contributed by atoms with Crippen LogP contribution in [-0.2, 0) is 5.75 Å². The van der Waals surface area contributed by atoms with Gasteiger partial charge in [-0.25, -0.2) is 0 Å². The molecule has 27 heavy (non-hydrogen) atoms. The number of benzene rings is 2. The highest BCUT2D eigenvalue weighted by Gasteiger charge is 2.13. The molecule has 0 bridgehead atoms. The molecule has 2 aromatic carbocycles. The van der Waals surface area contributed by atoms with Crippen LogP contribution in [0.1, 0.15) is 31.2 Å². The zero-order valence-electron chi connectivity index (χ0n) is 15.0. The minimum Gasteiger partial charge on any atom is -0.338 e. The molecule has 2 heterocycles. The number of nitrogens with zero attached hydrogens (tertiary/aromatic N) is 6. The Labute approximate surface area is 160 Å². The average Bonchev–Trinajstić information content (AvgIpc) is 3.36. The molecule has 0 saturated carbocycles. The molecule has 2 aromatic heterocycles. The highest BCUT2D eigenvalue weighted by atomic mass is 32.2. The summed E-state index contributed by atoms with van der Waals surface area (Å²) < 4.78 is 7.07. The van der Waals surface area contributed by atoms with Gasteiger partial charge in [-0.05, 0) is 34.0 Å². The molecule has 0 aliphatic rings. The summed E-state index contributed by atoms with van der Waals surface area (Å²) in [4.78, 5) is 4.48. The number of hydrogen-bond acceptors (Lipinski definition) is 7. The summed E-state index contributed by atoms with van der Waals surface area (Å²) in [7, 11) is 0. The third kappa shape index (κ3) is 3.90. The summed E-state index contributed by atoms with van der Waals surface area (Å²) in [5.41, 5.74) is 3.13. The Morgan fingerprint density at radius 2 is 1.81 bits per heavy atom. The van der Waals surface area contributed by atoms with E-state index < -0.39 is 0 Å². The number of tetrazole rings is 1. The molecule has 0 aliphatic heterocycles. The number of thioether (sulfide) groups is 1. The number of para-hydroxylation sites is 1. The van der Waals surface area contributed by atoms with Crippen LogP contribution in [0.25, 0.3) is 17.1 Å². The lowest BCUT2D eigenvalue weighted by Gasteiger charge is -2.04. The molecule has 0 N–H and O–H groups in total. The quantitative estimate of drug-likeness (QED) is 0.467. The third-order valence-corrected chi connectivity index (χ3v) is 4.97. The van der Waals surface area contributed by atoms with E-state index >= 15 is 0 Å². The lowest BCUT2D eigenvalue weighted by molar-refractivity contribution is 0.391. The lowest BCUT2D eigenvalue weighted by Crippen LogP contribution is -1.98. The normalized spacial score (nSPS) is 11.2. The van der Waals surface area contributed by atoms with Gasteiger partial charge in [-0.2, -0.15) is 9.67 Å². The second-order valence-corrected chi connectivity index (χ2v) is 7.23. The van der Waals surface area contributed by atoms with Crippen LogP contribution in [-0.4, -0.2) is 30.3 Å². The van der Waals surface area contributed by atoms with Crippen molar-refractivity contribution < 1.29 is 4.52 Å². The fourth-order valence-electron chi connectivity index (χ4n) is 2.57. The molecule has 4 rings (SSSR count). The number of aromatic nitrogens is 6. The van der Waals surface area contributed by atoms with Crippen LogP contribution in [0.15, 0.2) is 64.3 Å². The first-order valence-electron chi connectivity index (χ1n) is 8.60. The average molecular weight is 378 g/mol. The second-order valence-electron chi connectivity index (χ2n) is 6.29. The van der Waals surface area contributed by atoms with Crippen molar-refractivity contribution in [3.8, 4) is 17.1 Å². The van der Waals surface area contributed by atoms with E-state index in [1.807, 2.05) is 42.5 Å². The van der Waals surface area contributed by atoms with E-state index in [4.69, 9.17) is 4.52 Å². The minimum absolute atomic E-state index is 0.490. The number of hydrogen-bond donors (Lipinski definition) is 0. The maximum Gasteiger partial charge on any atom is 0.237 e. The van der Waals surface area contributed by atoms with Gasteiger partial charge >= 0.3 is 0 Å². The maximum atomic E-state index is 5.38. The lowest BCUT2D eigenvalue weighted by atomic mass is 10.0. The Hall–Kier alpha value is -3.00. The molecule has 0 unspecified atom stereocenters. The van der Waals surface area contributed by atoms with Crippen LogP contribution < -0.4 is 0 Å². The molecule has 0 aliphatic carbocycles. The summed E-state index contributed by atoms with van der Waals surface area (Å²) in [6.07, 6.45) is 0. The van der Waals surface area contributed by atoms with Gasteiger partial charge in [0.15, 0.2) is 0 Å². The largest absolute Gasteiger partial charge is 0.338 e. The summed E-state index contributed by atoms with van der Waals surface area (Å²) in [5.74, 6) is 2.10. The van der Waals surface area contributed by atoms with Crippen molar-refractivity contribution in [1.29, 1.82) is 0 Å². The fourth-order valence-corrected chi connectivity index (χ4v) is 3.30. The third-order valence-electron chi connectivity index (χ3n) is 4.07. The van der Waals surface area contributed by atoms with Crippen molar-refractivity contribution in [3.05, 3.63) is 66.1 Å². The van der Waals surface area contributed by atoms with E-state index in [9.17, 15) is 0 Å². The topological polar surface area (TPSA) is 82.5 Å². The minimum atomic E-state index is 0.490. The van der Waals surface area contributed by atoms with Gasteiger partial charge in [0.1, 0.15) is 0 Å². The first-order valence-corrected chi connectivity index (χ1v) is 9.59. The molecule has 4 aromatic rings. The monoisotopic (exact) mass is 378 g/mol. The van der Waals surface area contributed by atoms with Crippen LogP contribution in [0.2, 0.25) is 0 Å². The van der Waals surface area contributed by atoms with Gasteiger partial charge in [0.2, 0.25) is 16.9 Å².